The normalized spacial score (nSPS) is 21.7. The van der Waals surface area contributed by atoms with Gasteiger partial charge in [-0.3, -0.25) is 4.79 Å². The van der Waals surface area contributed by atoms with Crippen LogP contribution in [0, 0.1) is 11.7 Å². The number of benzene rings is 2. The van der Waals surface area contributed by atoms with Crippen molar-refractivity contribution < 1.29 is 23.4 Å². The molecule has 1 fully saturated rings. The van der Waals surface area contributed by atoms with E-state index >= 15 is 0 Å². The molecule has 0 spiro atoms. The standard InChI is InChI=1S/C25H25FO5/c1-2-3-4-5-8-16-14-30-25(31-24(16)18-9-6-7-10-21(18)27)20-15-29-22-12-11-17(26)13-19(22)23(20)28/h4-7,9-13,15-16,24-25,27H,2-3,8,14H2,1H3/b5-4-/t16-,24+,25+/m1/s1. The van der Waals surface area contributed by atoms with Gasteiger partial charge in [0.15, 0.2) is 6.29 Å². The summed E-state index contributed by atoms with van der Waals surface area (Å²) >= 11 is 0. The number of unbranched alkanes of at least 4 members (excludes halogenated alkanes) is 1. The van der Waals surface area contributed by atoms with E-state index in [1.807, 2.05) is 12.1 Å². The SMILES string of the molecule is CCC/C=C\C[C@@H]1CO[C@H](c2coc3ccc(F)cc3c2=O)O[C@@H]1c1ccccc1O. The zero-order valence-electron chi connectivity index (χ0n) is 17.3. The predicted octanol–water partition coefficient (Wildman–Crippen LogP) is 5.79. The Hall–Kier alpha value is -2.96. The lowest BCUT2D eigenvalue weighted by atomic mass is 9.91. The first-order chi connectivity index (χ1) is 15.1. The summed E-state index contributed by atoms with van der Waals surface area (Å²) in [6.45, 7) is 2.45. The molecule has 0 unspecified atom stereocenters. The van der Waals surface area contributed by atoms with E-state index in [9.17, 15) is 14.3 Å². The van der Waals surface area contributed by atoms with Crippen molar-refractivity contribution in [1.29, 1.82) is 0 Å². The fourth-order valence-electron chi connectivity index (χ4n) is 3.83. The van der Waals surface area contributed by atoms with E-state index in [0.717, 1.165) is 18.9 Å². The van der Waals surface area contributed by atoms with Crippen molar-refractivity contribution in [3.63, 3.8) is 0 Å². The lowest BCUT2D eigenvalue weighted by Gasteiger charge is -2.36. The Kier molecular flexibility index (Phi) is 6.49. The second kappa shape index (κ2) is 9.45. The van der Waals surface area contributed by atoms with E-state index < -0.39 is 23.6 Å². The number of para-hydroxylation sites is 1. The Bertz CT molecular complexity index is 1140. The minimum absolute atomic E-state index is 0.0393. The number of phenols is 1. The lowest BCUT2D eigenvalue weighted by Crippen LogP contribution is -2.32. The van der Waals surface area contributed by atoms with Crippen LogP contribution in [0.2, 0.25) is 0 Å². The highest BCUT2D eigenvalue weighted by Gasteiger charge is 2.36. The van der Waals surface area contributed by atoms with Gasteiger partial charge in [0.25, 0.3) is 0 Å². The van der Waals surface area contributed by atoms with E-state index in [1.165, 1.54) is 18.4 Å². The van der Waals surface area contributed by atoms with Crippen LogP contribution in [-0.2, 0) is 9.47 Å². The first kappa shape index (κ1) is 21.3. The highest BCUT2D eigenvalue weighted by Crippen LogP contribution is 2.42. The van der Waals surface area contributed by atoms with Crippen LogP contribution < -0.4 is 5.43 Å². The van der Waals surface area contributed by atoms with Crippen molar-refractivity contribution in [1.82, 2.24) is 0 Å². The minimum Gasteiger partial charge on any atom is -0.508 e. The highest BCUT2D eigenvalue weighted by molar-refractivity contribution is 5.76. The van der Waals surface area contributed by atoms with Gasteiger partial charge in [-0.1, -0.05) is 43.7 Å². The van der Waals surface area contributed by atoms with E-state index in [1.54, 1.807) is 12.1 Å². The molecule has 1 aromatic heterocycles. The molecule has 162 valence electrons. The molecule has 0 amide bonds. The van der Waals surface area contributed by atoms with Gasteiger partial charge < -0.3 is 19.0 Å². The van der Waals surface area contributed by atoms with Gasteiger partial charge in [-0.2, -0.15) is 0 Å². The van der Waals surface area contributed by atoms with Crippen molar-refractivity contribution in [2.75, 3.05) is 6.61 Å². The zero-order chi connectivity index (χ0) is 21.8. The number of phenolic OH excluding ortho intramolecular Hbond substituents is 1. The average molecular weight is 424 g/mol. The Morgan fingerprint density at radius 3 is 2.81 bits per heavy atom. The second-order valence-electron chi connectivity index (χ2n) is 7.70. The maximum atomic E-state index is 13.7. The van der Waals surface area contributed by atoms with Gasteiger partial charge >= 0.3 is 0 Å². The molecule has 0 bridgehead atoms. The summed E-state index contributed by atoms with van der Waals surface area (Å²) < 4.78 is 31.3. The summed E-state index contributed by atoms with van der Waals surface area (Å²) in [5.74, 6) is -0.431. The van der Waals surface area contributed by atoms with Crippen LogP contribution in [0.15, 0.2) is 70.1 Å². The quantitative estimate of drug-likeness (QED) is 0.508. The van der Waals surface area contributed by atoms with Crippen LogP contribution >= 0.6 is 0 Å². The second-order valence-corrected chi connectivity index (χ2v) is 7.70. The lowest BCUT2D eigenvalue weighted by molar-refractivity contribution is -0.244. The number of hydrogen-bond acceptors (Lipinski definition) is 5. The Morgan fingerprint density at radius 2 is 2.00 bits per heavy atom. The number of allylic oxidation sites excluding steroid dienone is 2. The van der Waals surface area contributed by atoms with E-state index in [-0.39, 0.29) is 22.6 Å². The Labute approximate surface area is 179 Å². The molecule has 2 aromatic carbocycles. The van der Waals surface area contributed by atoms with E-state index in [2.05, 4.69) is 19.1 Å². The third-order valence-corrected chi connectivity index (χ3v) is 5.48. The number of rotatable bonds is 6. The average Bonchev–Trinajstić information content (AvgIpc) is 2.78. The smallest absolute Gasteiger partial charge is 0.201 e. The fraction of sp³-hybridized carbons (Fsp3) is 0.320. The summed E-state index contributed by atoms with van der Waals surface area (Å²) in [5, 5.41) is 10.5. The van der Waals surface area contributed by atoms with E-state index in [0.29, 0.717) is 24.2 Å². The van der Waals surface area contributed by atoms with Gasteiger partial charge in [0.2, 0.25) is 5.43 Å². The maximum Gasteiger partial charge on any atom is 0.201 e. The van der Waals surface area contributed by atoms with E-state index in [4.69, 9.17) is 13.9 Å². The number of fused-ring (bicyclic) bond motifs is 1. The van der Waals surface area contributed by atoms with Gasteiger partial charge in [-0.15, -0.1) is 0 Å². The van der Waals surface area contributed by atoms with Crippen molar-refractivity contribution in [2.24, 2.45) is 5.92 Å². The monoisotopic (exact) mass is 424 g/mol. The molecule has 0 aliphatic carbocycles. The Morgan fingerprint density at radius 1 is 1.16 bits per heavy atom. The van der Waals surface area contributed by atoms with Crippen LogP contribution in [0.25, 0.3) is 11.0 Å². The summed E-state index contributed by atoms with van der Waals surface area (Å²) in [4.78, 5) is 13.0. The van der Waals surface area contributed by atoms with Crippen molar-refractivity contribution >= 4 is 11.0 Å². The molecule has 31 heavy (non-hydrogen) atoms. The number of hydrogen-bond donors (Lipinski definition) is 1. The van der Waals surface area contributed by atoms with Gasteiger partial charge in [0.05, 0.1) is 23.7 Å². The molecule has 6 heteroatoms. The molecule has 1 saturated heterocycles. The molecule has 0 radical (unpaired) electrons. The van der Waals surface area contributed by atoms with Crippen LogP contribution in [-0.4, -0.2) is 11.7 Å². The van der Waals surface area contributed by atoms with Crippen molar-refractivity contribution in [3.8, 4) is 5.75 Å². The molecule has 5 nitrogen and oxygen atoms in total. The van der Waals surface area contributed by atoms with Gasteiger partial charge in [0, 0.05) is 11.5 Å². The van der Waals surface area contributed by atoms with Crippen molar-refractivity contribution in [3.05, 3.63) is 88.0 Å². The molecular weight excluding hydrogens is 399 g/mol. The van der Waals surface area contributed by atoms with Crippen LogP contribution in [0.3, 0.4) is 0 Å². The van der Waals surface area contributed by atoms with Gasteiger partial charge in [-0.25, -0.2) is 4.39 Å². The van der Waals surface area contributed by atoms with Crippen molar-refractivity contribution in [2.45, 2.75) is 38.6 Å². The summed E-state index contributed by atoms with van der Waals surface area (Å²) in [6, 6.07) is 10.8. The summed E-state index contributed by atoms with van der Waals surface area (Å²) in [6.07, 6.45) is 6.84. The molecular formula is C25H25FO5. The molecule has 3 atom stereocenters. The highest BCUT2D eigenvalue weighted by atomic mass is 19.1. The van der Waals surface area contributed by atoms with Crippen LogP contribution in [0.1, 0.15) is 49.7 Å². The minimum atomic E-state index is -0.982. The maximum absolute atomic E-state index is 13.7. The third-order valence-electron chi connectivity index (χ3n) is 5.48. The first-order valence-electron chi connectivity index (χ1n) is 10.5. The van der Waals surface area contributed by atoms with Crippen LogP contribution in [0.5, 0.6) is 5.75 Å². The fourth-order valence-corrected chi connectivity index (χ4v) is 3.83. The molecule has 2 heterocycles. The number of halogens is 1. The topological polar surface area (TPSA) is 68.9 Å². The zero-order valence-corrected chi connectivity index (χ0v) is 17.3. The van der Waals surface area contributed by atoms with Gasteiger partial charge in [-0.05, 0) is 37.1 Å². The summed E-state index contributed by atoms with van der Waals surface area (Å²) in [7, 11) is 0. The molecule has 3 aromatic rings. The number of aromatic hydroxyl groups is 1. The predicted molar refractivity (Wildman–Crippen MR) is 115 cm³/mol. The van der Waals surface area contributed by atoms with Gasteiger partial charge in [0.1, 0.15) is 23.4 Å². The molecule has 0 saturated carbocycles. The number of ether oxygens (including phenoxy) is 2. The first-order valence-corrected chi connectivity index (χ1v) is 10.5. The molecule has 1 aliphatic rings. The molecule has 1 aliphatic heterocycles. The molecule has 4 rings (SSSR count). The Balaban J connectivity index is 1.66. The van der Waals surface area contributed by atoms with Crippen LogP contribution in [0.4, 0.5) is 4.39 Å². The summed E-state index contributed by atoms with van der Waals surface area (Å²) in [5.41, 5.74) is 0.699. The molecule has 1 N–H and O–H groups in total. The largest absolute Gasteiger partial charge is 0.508 e. The third kappa shape index (κ3) is 4.55.